The molecule has 1 aromatic heterocycles. The van der Waals surface area contributed by atoms with Gasteiger partial charge >= 0.3 is 0 Å². The monoisotopic (exact) mass is 345 g/mol. The molecule has 4 nitrogen and oxygen atoms in total. The average molecular weight is 345 g/mol. The van der Waals surface area contributed by atoms with E-state index in [9.17, 15) is 4.79 Å². The Bertz CT molecular complexity index is 894. The smallest absolute Gasteiger partial charge is 0.257 e. The lowest BCUT2D eigenvalue weighted by Crippen LogP contribution is -2.36. The van der Waals surface area contributed by atoms with Crippen molar-refractivity contribution >= 4 is 5.91 Å². The lowest BCUT2D eigenvalue weighted by atomic mass is 10.0. The van der Waals surface area contributed by atoms with E-state index in [2.05, 4.69) is 0 Å². The fraction of sp³-hybridized carbons (Fsp3) is 0.273. The van der Waals surface area contributed by atoms with Crippen molar-refractivity contribution < 1.29 is 4.79 Å². The van der Waals surface area contributed by atoms with Crippen molar-refractivity contribution in [3.63, 3.8) is 0 Å². The summed E-state index contributed by atoms with van der Waals surface area (Å²) >= 11 is 0. The molecule has 0 bridgehead atoms. The maximum Gasteiger partial charge on any atom is 0.257 e. The van der Waals surface area contributed by atoms with Gasteiger partial charge in [0.1, 0.15) is 0 Å². The Kier molecular flexibility index (Phi) is 4.57. The van der Waals surface area contributed by atoms with Crippen LogP contribution in [0.4, 0.5) is 0 Å². The summed E-state index contributed by atoms with van der Waals surface area (Å²) in [7, 11) is 0. The summed E-state index contributed by atoms with van der Waals surface area (Å²) < 4.78 is 1.90. The molecule has 1 aliphatic rings. The quantitative estimate of drug-likeness (QED) is 0.702. The molecule has 1 fully saturated rings. The first-order chi connectivity index (χ1) is 12.8. The minimum Gasteiger partial charge on any atom is -0.339 e. The molecule has 0 spiro atoms. The minimum absolute atomic E-state index is 0.100. The zero-order chi connectivity index (χ0) is 17.9. The molecule has 4 heteroatoms. The predicted molar refractivity (Wildman–Crippen MR) is 103 cm³/mol. The lowest BCUT2D eigenvalue weighted by Gasteiger charge is -2.27. The molecule has 0 N–H and O–H groups in total. The van der Waals surface area contributed by atoms with Crippen LogP contribution < -0.4 is 0 Å². The summed E-state index contributed by atoms with van der Waals surface area (Å²) in [6.45, 7) is 3.61. The molecule has 3 aromatic rings. The van der Waals surface area contributed by atoms with Crippen molar-refractivity contribution in [2.45, 2.75) is 26.2 Å². The van der Waals surface area contributed by atoms with Crippen LogP contribution in [0.2, 0.25) is 0 Å². The van der Waals surface area contributed by atoms with E-state index in [0.29, 0.717) is 0 Å². The molecule has 2 heterocycles. The highest BCUT2D eigenvalue weighted by atomic mass is 16.2. The number of piperidine rings is 1. The molecule has 4 rings (SSSR count). The molecular weight excluding hydrogens is 322 g/mol. The Morgan fingerprint density at radius 2 is 1.50 bits per heavy atom. The third-order valence-electron chi connectivity index (χ3n) is 4.97. The van der Waals surface area contributed by atoms with Crippen molar-refractivity contribution in [2.75, 3.05) is 13.1 Å². The predicted octanol–water partition coefficient (Wildman–Crippen LogP) is 4.47. The van der Waals surface area contributed by atoms with Gasteiger partial charge in [0.25, 0.3) is 5.91 Å². The molecule has 0 unspecified atom stereocenters. The zero-order valence-corrected chi connectivity index (χ0v) is 15.1. The standard InChI is InChI=1S/C22H23N3O/c1-17-20(22(26)24-15-9-4-10-16-24)21(18-11-5-2-6-12-18)25(23-17)19-13-7-3-8-14-19/h2-3,5-8,11-14H,4,9-10,15-16H2,1H3. The number of para-hydroxylation sites is 1. The van der Waals surface area contributed by atoms with Crippen LogP contribution in [0.3, 0.4) is 0 Å². The van der Waals surface area contributed by atoms with Gasteiger partial charge in [-0.3, -0.25) is 4.79 Å². The lowest BCUT2D eigenvalue weighted by molar-refractivity contribution is 0.0724. The van der Waals surface area contributed by atoms with Crippen molar-refractivity contribution in [3.8, 4) is 16.9 Å². The molecule has 0 saturated carbocycles. The van der Waals surface area contributed by atoms with Crippen LogP contribution in [0.1, 0.15) is 35.3 Å². The Hall–Kier alpha value is -2.88. The Balaban J connectivity index is 1.88. The van der Waals surface area contributed by atoms with Gasteiger partial charge in [-0.05, 0) is 38.3 Å². The van der Waals surface area contributed by atoms with Gasteiger partial charge < -0.3 is 4.90 Å². The van der Waals surface area contributed by atoms with Gasteiger partial charge in [0.05, 0.1) is 22.6 Å². The second kappa shape index (κ2) is 7.16. The third kappa shape index (κ3) is 3.03. The highest BCUT2D eigenvalue weighted by molar-refractivity contribution is 6.01. The van der Waals surface area contributed by atoms with Gasteiger partial charge in [0, 0.05) is 18.7 Å². The summed E-state index contributed by atoms with van der Waals surface area (Å²) in [6.07, 6.45) is 3.37. The summed E-state index contributed by atoms with van der Waals surface area (Å²) in [5.41, 5.74) is 4.36. The second-order valence-electron chi connectivity index (χ2n) is 6.78. The molecule has 1 aliphatic heterocycles. The molecule has 1 amide bonds. The van der Waals surface area contributed by atoms with E-state index < -0.39 is 0 Å². The normalized spacial score (nSPS) is 14.4. The summed E-state index contributed by atoms with van der Waals surface area (Å²) in [5.74, 6) is 0.100. The average Bonchev–Trinajstić information content (AvgIpc) is 3.06. The van der Waals surface area contributed by atoms with E-state index in [-0.39, 0.29) is 5.91 Å². The van der Waals surface area contributed by atoms with Gasteiger partial charge in [-0.25, -0.2) is 4.68 Å². The Morgan fingerprint density at radius 3 is 2.15 bits per heavy atom. The van der Waals surface area contributed by atoms with E-state index in [1.165, 1.54) is 6.42 Å². The van der Waals surface area contributed by atoms with Crippen molar-refractivity contribution in [1.82, 2.24) is 14.7 Å². The number of rotatable bonds is 3. The van der Waals surface area contributed by atoms with Gasteiger partial charge in [0.2, 0.25) is 0 Å². The van der Waals surface area contributed by atoms with E-state index in [0.717, 1.165) is 54.1 Å². The Labute approximate surface area is 154 Å². The number of hydrogen-bond donors (Lipinski definition) is 0. The molecule has 2 aromatic carbocycles. The first kappa shape index (κ1) is 16.6. The SMILES string of the molecule is Cc1nn(-c2ccccc2)c(-c2ccccc2)c1C(=O)N1CCCCC1. The number of hydrogen-bond acceptors (Lipinski definition) is 2. The van der Waals surface area contributed by atoms with Gasteiger partial charge in [0.15, 0.2) is 0 Å². The van der Waals surface area contributed by atoms with Crippen LogP contribution in [0, 0.1) is 6.92 Å². The third-order valence-corrected chi connectivity index (χ3v) is 4.97. The van der Waals surface area contributed by atoms with Crippen molar-refractivity contribution in [1.29, 1.82) is 0 Å². The van der Waals surface area contributed by atoms with E-state index in [1.807, 2.05) is 77.2 Å². The number of carbonyl (C=O) groups is 1. The zero-order valence-electron chi connectivity index (χ0n) is 15.1. The summed E-state index contributed by atoms with van der Waals surface area (Å²) in [5, 5.41) is 4.74. The maximum atomic E-state index is 13.3. The number of likely N-dealkylation sites (tertiary alicyclic amines) is 1. The fourth-order valence-corrected chi connectivity index (χ4v) is 3.66. The number of aromatic nitrogens is 2. The van der Waals surface area contributed by atoms with Gasteiger partial charge in [-0.1, -0.05) is 48.5 Å². The van der Waals surface area contributed by atoms with Crippen LogP contribution in [-0.4, -0.2) is 33.7 Å². The number of nitrogens with zero attached hydrogens (tertiary/aromatic N) is 3. The highest BCUT2D eigenvalue weighted by Gasteiger charge is 2.27. The first-order valence-corrected chi connectivity index (χ1v) is 9.25. The maximum absolute atomic E-state index is 13.3. The molecule has 0 atom stereocenters. The molecule has 132 valence electrons. The van der Waals surface area contributed by atoms with Crippen LogP contribution in [0.25, 0.3) is 16.9 Å². The number of carbonyl (C=O) groups excluding carboxylic acids is 1. The molecule has 26 heavy (non-hydrogen) atoms. The summed E-state index contributed by atoms with van der Waals surface area (Å²) in [6, 6.07) is 20.1. The molecular formula is C22H23N3O. The molecule has 1 saturated heterocycles. The highest BCUT2D eigenvalue weighted by Crippen LogP contribution is 2.30. The van der Waals surface area contributed by atoms with Gasteiger partial charge in [-0.2, -0.15) is 5.10 Å². The number of amides is 1. The number of benzene rings is 2. The van der Waals surface area contributed by atoms with Crippen LogP contribution >= 0.6 is 0 Å². The summed E-state index contributed by atoms with van der Waals surface area (Å²) in [4.78, 5) is 15.3. The first-order valence-electron chi connectivity index (χ1n) is 9.25. The van der Waals surface area contributed by atoms with Crippen molar-refractivity contribution in [2.24, 2.45) is 0 Å². The minimum atomic E-state index is 0.100. The second-order valence-corrected chi connectivity index (χ2v) is 6.78. The van der Waals surface area contributed by atoms with E-state index >= 15 is 0 Å². The van der Waals surface area contributed by atoms with Crippen molar-refractivity contribution in [3.05, 3.63) is 71.9 Å². The molecule has 0 aliphatic carbocycles. The van der Waals surface area contributed by atoms with Crippen LogP contribution in [-0.2, 0) is 0 Å². The largest absolute Gasteiger partial charge is 0.339 e. The van der Waals surface area contributed by atoms with E-state index in [4.69, 9.17) is 5.10 Å². The van der Waals surface area contributed by atoms with E-state index in [1.54, 1.807) is 0 Å². The topological polar surface area (TPSA) is 38.1 Å². The number of aryl methyl sites for hydroxylation is 1. The van der Waals surface area contributed by atoms with Gasteiger partial charge in [-0.15, -0.1) is 0 Å². The molecule has 0 radical (unpaired) electrons. The van der Waals surface area contributed by atoms with Crippen LogP contribution in [0.5, 0.6) is 0 Å². The Morgan fingerprint density at radius 1 is 0.885 bits per heavy atom. The fourth-order valence-electron chi connectivity index (χ4n) is 3.66. The van der Waals surface area contributed by atoms with Crippen LogP contribution in [0.15, 0.2) is 60.7 Å².